The number of allylic oxidation sites excluding steroid dienone is 3. The minimum absolute atomic E-state index is 0.692. The number of rotatable bonds is 3. The molecule has 0 aliphatic carbocycles. The molecule has 1 aromatic rings. The van der Waals surface area contributed by atoms with E-state index >= 15 is 0 Å². The van der Waals surface area contributed by atoms with E-state index in [0.29, 0.717) is 5.56 Å². The Morgan fingerprint density at radius 3 is 1.74 bits per heavy atom. The molecule has 0 spiro atoms. The zero-order valence-electron chi connectivity index (χ0n) is 15.4. The standard InChI is InChI=1S/C20H27NSi2/c1-8-19(22(2,3)4)13-14-20(23(5,6)7)15-17-9-11-18(16-21)12-10-17/h8-12,15H,1-7H3/b19-8+,20-15+. The lowest BCUT2D eigenvalue weighted by Gasteiger charge is -2.18. The van der Waals surface area contributed by atoms with Gasteiger partial charge in [0, 0.05) is 0 Å². The molecule has 0 fully saturated rings. The predicted octanol–water partition coefficient (Wildman–Crippen LogP) is 5.65. The molecule has 0 heterocycles. The van der Waals surface area contributed by atoms with Gasteiger partial charge in [0.05, 0.1) is 27.8 Å². The van der Waals surface area contributed by atoms with Crippen LogP contribution >= 0.6 is 0 Å². The SMILES string of the molecule is C/C=C(\C#C/C(=C\c1ccc(C#N)cc1)[Si](C)(C)C)[Si](C)(C)C. The summed E-state index contributed by atoms with van der Waals surface area (Å²) >= 11 is 0. The highest BCUT2D eigenvalue weighted by molar-refractivity contribution is 6.85. The summed E-state index contributed by atoms with van der Waals surface area (Å²) in [6, 6.07) is 9.87. The number of nitriles is 1. The Hall–Kier alpha value is -1.82. The molecular formula is C20H27NSi2. The lowest BCUT2D eigenvalue weighted by atomic mass is 10.1. The van der Waals surface area contributed by atoms with E-state index in [0.717, 1.165) is 5.56 Å². The third-order valence-corrected chi connectivity index (χ3v) is 7.50. The van der Waals surface area contributed by atoms with Crippen LogP contribution in [0.1, 0.15) is 18.1 Å². The fourth-order valence-electron chi connectivity index (χ4n) is 2.09. The average molecular weight is 338 g/mol. The Labute approximate surface area is 143 Å². The number of benzene rings is 1. The van der Waals surface area contributed by atoms with Crippen molar-refractivity contribution in [3.63, 3.8) is 0 Å². The molecule has 0 aliphatic heterocycles. The molecule has 0 aromatic heterocycles. The molecule has 23 heavy (non-hydrogen) atoms. The minimum Gasteiger partial charge on any atom is -0.192 e. The lowest BCUT2D eigenvalue weighted by Crippen LogP contribution is -2.24. The Balaban J connectivity index is 3.27. The molecule has 3 heteroatoms. The predicted molar refractivity (Wildman–Crippen MR) is 107 cm³/mol. The van der Waals surface area contributed by atoms with Gasteiger partial charge in [-0.15, -0.1) is 0 Å². The third kappa shape index (κ3) is 6.06. The zero-order chi connectivity index (χ0) is 17.7. The summed E-state index contributed by atoms with van der Waals surface area (Å²) in [7, 11) is -2.90. The summed E-state index contributed by atoms with van der Waals surface area (Å²) in [5.74, 6) is 6.91. The van der Waals surface area contributed by atoms with Gasteiger partial charge in [0.15, 0.2) is 0 Å². The van der Waals surface area contributed by atoms with E-state index in [1.165, 1.54) is 10.4 Å². The first-order valence-electron chi connectivity index (χ1n) is 7.99. The second kappa shape index (κ2) is 7.64. The van der Waals surface area contributed by atoms with Crippen molar-refractivity contribution in [2.45, 2.75) is 46.2 Å². The first kappa shape index (κ1) is 19.2. The van der Waals surface area contributed by atoms with Gasteiger partial charge in [0.2, 0.25) is 0 Å². The monoisotopic (exact) mass is 337 g/mol. The molecule has 1 rings (SSSR count). The van der Waals surface area contributed by atoms with Crippen LogP contribution in [0.25, 0.3) is 6.08 Å². The third-order valence-electron chi connectivity index (χ3n) is 3.59. The Morgan fingerprint density at radius 2 is 1.35 bits per heavy atom. The largest absolute Gasteiger partial charge is 0.192 e. The fourth-order valence-corrected chi connectivity index (χ4v) is 4.43. The van der Waals surface area contributed by atoms with Gasteiger partial charge in [-0.3, -0.25) is 0 Å². The van der Waals surface area contributed by atoms with Crippen molar-refractivity contribution in [1.82, 2.24) is 0 Å². The minimum atomic E-state index is -1.52. The second-order valence-electron chi connectivity index (χ2n) is 7.74. The summed E-state index contributed by atoms with van der Waals surface area (Å²) in [5, 5.41) is 11.5. The van der Waals surface area contributed by atoms with Crippen molar-refractivity contribution < 1.29 is 0 Å². The van der Waals surface area contributed by atoms with E-state index in [4.69, 9.17) is 5.26 Å². The van der Waals surface area contributed by atoms with Crippen LogP contribution in [-0.2, 0) is 0 Å². The molecule has 1 nitrogen and oxygen atoms in total. The van der Waals surface area contributed by atoms with Gasteiger partial charge in [-0.25, -0.2) is 0 Å². The number of hydrogen-bond donors (Lipinski definition) is 0. The van der Waals surface area contributed by atoms with Crippen LogP contribution in [0.2, 0.25) is 39.3 Å². The summed E-state index contributed by atoms with van der Waals surface area (Å²) < 4.78 is 0. The first-order chi connectivity index (χ1) is 10.6. The van der Waals surface area contributed by atoms with Gasteiger partial charge < -0.3 is 0 Å². The van der Waals surface area contributed by atoms with Crippen molar-refractivity contribution in [3.05, 3.63) is 51.9 Å². The molecule has 0 N–H and O–H groups in total. The molecule has 0 atom stereocenters. The van der Waals surface area contributed by atoms with E-state index in [9.17, 15) is 0 Å². The van der Waals surface area contributed by atoms with Gasteiger partial charge in [0.25, 0.3) is 0 Å². The lowest BCUT2D eigenvalue weighted by molar-refractivity contribution is 1.48. The van der Waals surface area contributed by atoms with Crippen LogP contribution in [0.5, 0.6) is 0 Å². The molecular weight excluding hydrogens is 310 g/mol. The Bertz CT molecular complexity index is 707. The van der Waals surface area contributed by atoms with Gasteiger partial charge in [0.1, 0.15) is 0 Å². The highest BCUT2D eigenvalue weighted by Gasteiger charge is 2.20. The van der Waals surface area contributed by atoms with Crippen molar-refractivity contribution >= 4 is 22.2 Å². The molecule has 1 aromatic carbocycles. The Kier molecular flexibility index (Phi) is 6.39. The first-order valence-corrected chi connectivity index (χ1v) is 15.0. The van der Waals surface area contributed by atoms with E-state index < -0.39 is 16.1 Å². The topological polar surface area (TPSA) is 23.8 Å². The quantitative estimate of drug-likeness (QED) is 0.517. The molecule has 0 bridgehead atoms. The molecule has 0 saturated carbocycles. The maximum atomic E-state index is 8.91. The molecule has 0 amide bonds. The number of hydrogen-bond acceptors (Lipinski definition) is 1. The number of nitrogens with zero attached hydrogens (tertiary/aromatic N) is 1. The van der Waals surface area contributed by atoms with Gasteiger partial charge in [-0.2, -0.15) is 5.26 Å². The molecule has 0 radical (unpaired) electrons. The van der Waals surface area contributed by atoms with Gasteiger partial charge >= 0.3 is 0 Å². The van der Waals surface area contributed by atoms with Crippen LogP contribution in [0.15, 0.2) is 40.7 Å². The summed E-state index contributed by atoms with van der Waals surface area (Å²) in [6.45, 7) is 16.0. The molecule has 120 valence electrons. The van der Waals surface area contributed by atoms with Crippen molar-refractivity contribution in [3.8, 4) is 17.9 Å². The van der Waals surface area contributed by atoms with Crippen LogP contribution in [0.4, 0.5) is 0 Å². The smallest absolute Gasteiger partial charge is 0.0991 e. The van der Waals surface area contributed by atoms with Gasteiger partial charge in [-0.05, 0) is 41.1 Å². The summed E-state index contributed by atoms with van der Waals surface area (Å²) in [5.41, 5.74) is 1.81. The zero-order valence-corrected chi connectivity index (χ0v) is 17.4. The maximum absolute atomic E-state index is 8.91. The highest BCUT2D eigenvalue weighted by atomic mass is 28.3. The Morgan fingerprint density at radius 1 is 0.870 bits per heavy atom. The van der Waals surface area contributed by atoms with Crippen molar-refractivity contribution in [2.75, 3.05) is 0 Å². The normalized spacial score (nSPS) is 13.1. The molecule has 0 saturated heterocycles. The maximum Gasteiger partial charge on any atom is 0.0991 e. The van der Waals surface area contributed by atoms with Crippen LogP contribution in [-0.4, -0.2) is 16.1 Å². The fraction of sp³-hybridized carbons (Fsp3) is 0.350. The van der Waals surface area contributed by atoms with Crippen LogP contribution < -0.4 is 0 Å². The second-order valence-corrected chi connectivity index (χ2v) is 17.8. The van der Waals surface area contributed by atoms with Gasteiger partial charge in [-0.1, -0.05) is 69.3 Å². The van der Waals surface area contributed by atoms with Crippen molar-refractivity contribution in [2.24, 2.45) is 0 Å². The summed E-state index contributed by atoms with van der Waals surface area (Å²) in [4.78, 5) is 0. The van der Waals surface area contributed by atoms with E-state index in [1.807, 2.05) is 24.3 Å². The molecule has 0 unspecified atom stereocenters. The van der Waals surface area contributed by atoms with Crippen LogP contribution in [0.3, 0.4) is 0 Å². The average Bonchev–Trinajstić information content (AvgIpc) is 2.45. The van der Waals surface area contributed by atoms with Crippen molar-refractivity contribution in [1.29, 1.82) is 5.26 Å². The van der Waals surface area contributed by atoms with Crippen LogP contribution in [0, 0.1) is 23.2 Å². The van der Waals surface area contributed by atoms with E-state index in [2.05, 4.69) is 76.3 Å². The van der Waals surface area contributed by atoms with E-state index in [1.54, 1.807) is 0 Å². The highest BCUT2D eigenvalue weighted by Crippen LogP contribution is 2.19. The molecule has 0 aliphatic rings. The van der Waals surface area contributed by atoms with E-state index in [-0.39, 0.29) is 0 Å². The summed E-state index contributed by atoms with van der Waals surface area (Å²) in [6.07, 6.45) is 4.36.